The normalized spacial score (nSPS) is 10.9. The predicted octanol–water partition coefficient (Wildman–Crippen LogP) is 6.97. The lowest BCUT2D eigenvalue weighted by molar-refractivity contribution is 0.0954. The highest BCUT2D eigenvalue weighted by Gasteiger charge is 2.11. The molecule has 0 saturated carbocycles. The fourth-order valence-corrected chi connectivity index (χ4v) is 4.53. The summed E-state index contributed by atoms with van der Waals surface area (Å²) >= 11 is 16.6. The molecule has 0 aliphatic heterocycles. The van der Waals surface area contributed by atoms with Gasteiger partial charge < -0.3 is 4.74 Å². The molecule has 0 aromatic heterocycles. The van der Waals surface area contributed by atoms with E-state index < -0.39 is 0 Å². The number of benzene rings is 3. The molecule has 1 amide bonds. The number of hydrogen-bond donors (Lipinski definition) is 1. The monoisotopic (exact) mass is 598 g/mol. The molecule has 0 unspecified atom stereocenters. The minimum Gasteiger partial charge on any atom is -0.486 e. The van der Waals surface area contributed by atoms with Gasteiger partial charge in [0.05, 0.1) is 20.7 Å². The van der Waals surface area contributed by atoms with E-state index in [1.165, 1.54) is 0 Å². The molecule has 3 rings (SSSR count). The summed E-state index contributed by atoms with van der Waals surface area (Å²) < 4.78 is 8.11. The number of hydrazone groups is 1. The molecule has 1 N–H and O–H groups in total. The van der Waals surface area contributed by atoms with Gasteiger partial charge in [0.2, 0.25) is 0 Å². The van der Waals surface area contributed by atoms with Crippen molar-refractivity contribution in [3.05, 3.63) is 95.8 Å². The molecule has 0 aliphatic carbocycles. The van der Waals surface area contributed by atoms with Crippen molar-refractivity contribution in [1.29, 1.82) is 0 Å². The predicted molar refractivity (Wildman–Crippen MR) is 127 cm³/mol. The maximum Gasteiger partial charge on any atom is 0.272 e. The van der Waals surface area contributed by atoms with Crippen LogP contribution in [-0.4, -0.2) is 12.1 Å². The van der Waals surface area contributed by atoms with Crippen molar-refractivity contribution in [1.82, 2.24) is 5.43 Å². The summed E-state index contributed by atoms with van der Waals surface area (Å²) in [6, 6.07) is 18.4. The van der Waals surface area contributed by atoms with Crippen LogP contribution >= 0.6 is 59.4 Å². The number of amides is 1. The first kappa shape index (κ1) is 22.0. The minimum atomic E-state index is -0.299. The average Bonchev–Trinajstić information content (AvgIpc) is 2.69. The van der Waals surface area contributed by atoms with Crippen molar-refractivity contribution in [3.8, 4) is 5.75 Å². The van der Waals surface area contributed by atoms with Crippen molar-refractivity contribution in [2.75, 3.05) is 0 Å². The molecule has 8 heteroatoms. The van der Waals surface area contributed by atoms with E-state index in [9.17, 15) is 4.79 Å². The molecule has 0 bridgehead atoms. The van der Waals surface area contributed by atoms with Gasteiger partial charge in [0.15, 0.2) is 0 Å². The molecule has 0 atom stereocenters. The van der Waals surface area contributed by atoms with Gasteiger partial charge in [-0.15, -0.1) is 0 Å². The van der Waals surface area contributed by atoms with Crippen LogP contribution in [0.1, 0.15) is 21.5 Å². The highest BCUT2D eigenvalue weighted by Crippen LogP contribution is 2.35. The molecule has 0 saturated heterocycles. The van der Waals surface area contributed by atoms with Gasteiger partial charge in [0, 0.05) is 15.1 Å². The summed E-state index contributed by atoms with van der Waals surface area (Å²) in [4.78, 5) is 12.2. The largest absolute Gasteiger partial charge is 0.486 e. The molecule has 0 spiro atoms. The number of hydrogen-bond acceptors (Lipinski definition) is 3. The lowest BCUT2D eigenvalue weighted by atomic mass is 10.2. The summed E-state index contributed by atoms with van der Waals surface area (Å²) in [6.07, 6.45) is 1.56. The van der Waals surface area contributed by atoms with Crippen molar-refractivity contribution in [2.45, 2.75) is 6.61 Å². The zero-order valence-corrected chi connectivity index (χ0v) is 20.3. The smallest absolute Gasteiger partial charge is 0.272 e. The van der Waals surface area contributed by atoms with Crippen LogP contribution in [0, 0.1) is 0 Å². The molecule has 0 heterocycles. The van der Waals surface area contributed by atoms with Gasteiger partial charge in [0.25, 0.3) is 5.91 Å². The maximum atomic E-state index is 12.2. The van der Waals surface area contributed by atoms with Gasteiger partial charge in [-0.3, -0.25) is 4.79 Å². The number of halogens is 4. The van der Waals surface area contributed by atoms with E-state index >= 15 is 0 Å². The van der Waals surface area contributed by atoms with Crippen molar-refractivity contribution < 1.29 is 9.53 Å². The van der Waals surface area contributed by atoms with E-state index in [1.54, 1.807) is 24.4 Å². The summed E-state index contributed by atoms with van der Waals surface area (Å²) in [7, 11) is 0. The second-order valence-corrected chi connectivity index (χ2v) is 8.84. The van der Waals surface area contributed by atoms with Crippen LogP contribution in [0.2, 0.25) is 5.02 Å². The molecule has 3 aromatic rings. The number of carbonyl (C=O) groups excluding carboxylic acids is 1. The first-order valence-corrected chi connectivity index (χ1v) is 11.1. The zero-order valence-electron chi connectivity index (χ0n) is 14.8. The number of carbonyl (C=O) groups is 1. The number of nitrogens with one attached hydrogen (secondary N) is 1. The lowest BCUT2D eigenvalue weighted by Crippen LogP contribution is -2.18. The highest BCUT2D eigenvalue weighted by atomic mass is 79.9. The van der Waals surface area contributed by atoms with Gasteiger partial charge >= 0.3 is 0 Å². The van der Waals surface area contributed by atoms with E-state index in [0.717, 1.165) is 20.1 Å². The Labute approximate surface area is 198 Å². The molecule has 3 aromatic carbocycles. The van der Waals surface area contributed by atoms with Crippen molar-refractivity contribution in [3.63, 3.8) is 0 Å². The van der Waals surface area contributed by atoms with Crippen LogP contribution in [0.3, 0.4) is 0 Å². The highest BCUT2D eigenvalue weighted by molar-refractivity contribution is 9.11. The molecular formula is C21H14Br3ClN2O2. The van der Waals surface area contributed by atoms with E-state index in [1.807, 2.05) is 42.5 Å². The molecule has 0 fully saturated rings. The SMILES string of the molecule is O=C(N/N=C/c1cc(Br)c(OCc2ccccc2Cl)c(Br)c1)c1ccccc1Br. The molecule has 4 nitrogen and oxygen atoms in total. The quantitative estimate of drug-likeness (QED) is 0.245. The Balaban J connectivity index is 1.67. The number of rotatable bonds is 6. The van der Waals surface area contributed by atoms with E-state index in [0.29, 0.717) is 27.4 Å². The Morgan fingerprint density at radius 2 is 1.66 bits per heavy atom. The van der Waals surface area contributed by atoms with Gasteiger partial charge in [0.1, 0.15) is 12.4 Å². The lowest BCUT2D eigenvalue weighted by Gasteiger charge is -2.12. The fourth-order valence-electron chi connectivity index (χ4n) is 2.43. The summed E-state index contributed by atoms with van der Waals surface area (Å²) in [5, 5.41) is 4.69. The zero-order chi connectivity index (χ0) is 20.8. The Bertz CT molecular complexity index is 1050. The van der Waals surface area contributed by atoms with Crippen LogP contribution in [0.4, 0.5) is 0 Å². The van der Waals surface area contributed by atoms with Gasteiger partial charge in [-0.1, -0.05) is 41.9 Å². The van der Waals surface area contributed by atoms with E-state index in [4.69, 9.17) is 16.3 Å². The van der Waals surface area contributed by atoms with Crippen LogP contribution in [-0.2, 0) is 6.61 Å². The van der Waals surface area contributed by atoms with Crippen LogP contribution in [0.15, 0.2) is 79.2 Å². The fraction of sp³-hybridized carbons (Fsp3) is 0.0476. The standard InChI is InChI=1S/C21H14Br3ClN2O2/c22-16-7-3-2-6-15(16)21(28)27-26-11-13-9-17(23)20(18(24)10-13)29-12-14-5-1-4-8-19(14)25/h1-11H,12H2,(H,27,28)/b26-11+. The molecule has 0 radical (unpaired) electrons. The van der Waals surface area contributed by atoms with Crippen molar-refractivity contribution in [2.24, 2.45) is 5.10 Å². The van der Waals surface area contributed by atoms with Gasteiger partial charge in [-0.2, -0.15) is 5.10 Å². The maximum absolute atomic E-state index is 12.2. The van der Waals surface area contributed by atoms with E-state index in [-0.39, 0.29) is 5.91 Å². The van der Waals surface area contributed by atoms with Gasteiger partial charge in [-0.05, 0) is 83.7 Å². The molecular weight excluding hydrogens is 587 g/mol. The average molecular weight is 602 g/mol. The third-order valence-electron chi connectivity index (χ3n) is 3.85. The third-order valence-corrected chi connectivity index (χ3v) is 6.09. The topological polar surface area (TPSA) is 50.7 Å². The number of nitrogens with zero attached hydrogens (tertiary/aromatic N) is 1. The Morgan fingerprint density at radius 3 is 2.34 bits per heavy atom. The Kier molecular flexibility index (Phi) is 7.89. The summed E-state index contributed by atoms with van der Waals surface area (Å²) in [6.45, 7) is 0.340. The van der Waals surface area contributed by atoms with Crippen LogP contribution < -0.4 is 10.2 Å². The van der Waals surface area contributed by atoms with Crippen molar-refractivity contribution >= 4 is 71.5 Å². The van der Waals surface area contributed by atoms with E-state index in [2.05, 4.69) is 58.3 Å². The summed E-state index contributed by atoms with van der Waals surface area (Å²) in [5.41, 5.74) is 4.70. The van der Waals surface area contributed by atoms with Crippen LogP contribution in [0.25, 0.3) is 0 Å². The minimum absolute atomic E-state index is 0.299. The Morgan fingerprint density at radius 1 is 1.00 bits per heavy atom. The molecule has 148 valence electrons. The number of ether oxygens (including phenoxy) is 1. The molecule has 0 aliphatic rings. The first-order chi connectivity index (χ1) is 14.0. The second-order valence-electron chi connectivity index (χ2n) is 5.87. The summed E-state index contributed by atoms with van der Waals surface area (Å²) in [5.74, 6) is 0.353. The Hall–Kier alpha value is -1.67. The first-order valence-electron chi connectivity index (χ1n) is 8.39. The third kappa shape index (κ3) is 5.92. The second kappa shape index (κ2) is 10.4. The van der Waals surface area contributed by atoms with Crippen LogP contribution in [0.5, 0.6) is 5.75 Å². The van der Waals surface area contributed by atoms with Gasteiger partial charge in [-0.25, -0.2) is 5.43 Å². The molecule has 29 heavy (non-hydrogen) atoms.